The molecule has 2 aliphatic rings. The van der Waals surface area contributed by atoms with Crippen LogP contribution in [0.3, 0.4) is 0 Å². The van der Waals surface area contributed by atoms with Crippen LogP contribution in [-0.2, 0) is 13.0 Å². The van der Waals surface area contributed by atoms with Crippen LogP contribution < -0.4 is 4.90 Å². The van der Waals surface area contributed by atoms with Crippen molar-refractivity contribution in [2.75, 3.05) is 31.1 Å². The van der Waals surface area contributed by atoms with Crippen LogP contribution in [0.25, 0.3) is 0 Å². The summed E-state index contributed by atoms with van der Waals surface area (Å²) in [5.74, 6) is 1.06. The van der Waals surface area contributed by atoms with Gasteiger partial charge >= 0.3 is 0 Å². The number of hydrogen-bond acceptors (Lipinski definition) is 4. The van der Waals surface area contributed by atoms with E-state index >= 15 is 0 Å². The predicted molar refractivity (Wildman–Crippen MR) is 85.6 cm³/mol. The molecule has 1 unspecified atom stereocenters. The van der Waals surface area contributed by atoms with E-state index in [1.807, 2.05) is 6.07 Å². The normalized spacial score (nSPS) is 23.1. The summed E-state index contributed by atoms with van der Waals surface area (Å²) in [6.45, 7) is 7.00. The molecular formula is C17H27N3O. The molecule has 0 saturated carbocycles. The van der Waals surface area contributed by atoms with Gasteiger partial charge in [-0.2, -0.15) is 0 Å². The fraction of sp³-hybridized carbons (Fsp3) is 0.706. The molecule has 2 aliphatic heterocycles. The number of hydrogen-bond donors (Lipinski definition) is 1. The first kappa shape index (κ1) is 14.8. The van der Waals surface area contributed by atoms with E-state index in [-0.39, 0.29) is 6.61 Å². The minimum absolute atomic E-state index is 0.107. The van der Waals surface area contributed by atoms with Gasteiger partial charge in [-0.25, -0.2) is 4.98 Å². The highest BCUT2D eigenvalue weighted by atomic mass is 16.3. The number of aliphatic hydroxyl groups is 1. The number of aryl methyl sites for hydroxylation is 1. The number of nitrogens with zero attached hydrogens (tertiary/aromatic N) is 3. The zero-order chi connectivity index (χ0) is 14.7. The second kappa shape index (κ2) is 6.75. The monoisotopic (exact) mass is 289 g/mol. The lowest BCUT2D eigenvalue weighted by Gasteiger charge is -2.24. The molecular weight excluding hydrogens is 262 g/mol. The molecule has 0 amide bonds. The van der Waals surface area contributed by atoms with Crippen LogP contribution >= 0.6 is 0 Å². The quantitative estimate of drug-likeness (QED) is 0.902. The second-order valence-electron chi connectivity index (χ2n) is 6.36. The third-order valence-electron chi connectivity index (χ3n) is 4.76. The van der Waals surface area contributed by atoms with E-state index in [2.05, 4.69) is 22.8 Å². The molecule has 0 radical (unpaired) electrons. The average molecular weight is 289 g/mol. The summed E-state index contributed by atoms with van der Waals surface area (Å²) in [7, 11) is 0. The smallest absolute Gasteiger partial charge is 0.129 e. The molecule has 116 valence electrons. The molecule has 1 N–H and O–H groups in total. The molecule has 2 saturated heterocycles. The van der Waals surface area contributed by atoms with E-state index in [4.69, 9.17) is 4.98 Å². The summed E-state index contributed by atoms with van der Waals surface area (Å²) in [5, 5.41) is 9.47. The Morgan fingerprint density at radius 2 is 2.05 bits per heavy atom. The molecule has 1 atom stereocenters. The van der Waals surface area contributed by atoms with Crippen molar-refractivity contribution in [2.24, 2.45) is 0 Å². The van der Waals surface area contributed by atoms with E-state index in [1.54, 1.807) is 0 Å². The Morgan fingerprint density at radius 1 is 1.24 bits per heavy atom. The van der Waals surface area contributed by atoms with Crippen LogP contribution in [0.1, 0.15) is 43.9 Å². The molecule has 3 heterocycles. The van der Waals surface area contributed by atoms with Gasteiger partial charge in [0.25, 0.3) is 0 Å². The molecule has 1 aromatic heterocycles. The topological polar surface area (TPSA) is 39.6 Å². The van der Waals surface area contributed by atoms with Gasteiger partial charge in [0, 0.05) is 24.8 Å². The lowest BCUT2D eigenvalue weighted by atomic mass is 10.1. The maximum atomic E-state index is 9.47. The first-order valence-electron chi connectivity index (χ1n) is 8.40. The number of aliphatic hydroxyl groups excluding tert-OH is 1. The minimum Gasteiger partial charge on any atom is -0.392 e. The van der Waals surface area contributed by atoms with Gasteiger partial charge < -0.3 is 10.0 Å². The van der Waals surface area contributed by atoms with Gasteiger partial charge in [0.05, 0.1) is 6.61 Å². The summed E-state index contributed by atoms with van der Waals surface area (Å²) in [4.78, 5) is 9.86. The Balaban J connectivity index is 1.72. The minimum atomic E-state index is 0.107. The summed E-state index contributed by atoms with van der Waals surface area (Å²) in [6, 6.07) is 4.80. The van der Waals surface area contributed by atoms with Crippen LogP contribution in [0.5, 0.6) is 0 Å². The van der Waals surface area contributed by atoms with Gasteiger partial charge in [0.1, 0.15) is 5.82 Å². The summed E-state index contributed by atoms with van der Waals surface area (Å²) >= 11 is 0. The molecule has 2 fully saturated rings. The van der Waals surface area contributed by atoms with Gasteiger partial charge in [-0.3, -0.25) is 4.90 Å². The van der Waals surface area contributed by atoms with E-state index in [0.717, 1.165) is 43.0 Å². The number of rotatable bonds is 5. The maximum Gasteiger partial charge on any atom is 0.129 e. The highest BCUT2D eigenvalue weighted by molar-refractivity contribution is 5.44. The fourth-order valence-electron chi connectivity index (χ4n) is 3.63. The summed E-state index contributed by atoms with van der Waals surface area (Å²) in [5.41, 5.74) is 2.11. The Labute approximate surface area is 127 Å². The first-order valence-corrected chi connectivity index (χ1v) is 8.40. The predicted octanol–water partition coefficient (Wildman–Crippen LogP) is 2.20. The molecule has 4 nitrogen and oxygen atoms in total. The van der Waals surface area contributed by atoms with Crippen molar-refractivity contribution in [1.82, 2.24) is 9.88 Å². The zero-order valence-electron chi connectivity index (χ0n) is 13.1. The lowest BCUT2D eigenvalue weighted by molar-refractivity contribution is 0.260. The number of likely N-dealkylation sites (tertiary alicyclic amines) is 1. The van der Waals surface area contributed by atoms with Crippen molar-refractivity contribution in [2.45, 2.75) is 51.7 Å². The van der Waals surface area contributed by atoms with Crippen LogP contribution in [0.15, 0.2) is 12.1 Å². The molecule has 0 aliphatic carbocycles. The van der Waals surface area contributed by atoms with Gasteiger partial charge in [-0.15, -0.1) is 0 Å². The van der Waals surface area contributed by atoms with E-state index in [1.165, 1.54) is 32.4 Å². The van der Waals surface area contributed by atoms with E-state index in [0.29, 0.717) is 6.04 Å². The van der Waals surface area contributed by atoms with Crippen molar-refractivity contribution in [1.29, 1.82) is 0 Å². The molecule has 0 spiro atoms. The Morgan fingerprint density at radius 3 is 2.76 bits per heavy atom. The maximum absolute atomic E-state index is 9.47. The standard InChI is InChI=1S/C17H27N3O/c1-2-5-15-10-14(13-21)11-17(18-15)20-9-6-16(12-20)19-7-3-4-8-19/h10-11,16,21H,2-9,12-13H2,1H3. The molecule has 0 bridgehead atoms. The fourth-order valence-corrected chi connectivity index (χ4v) is 3.63. The summed E-state index contributed by atoms with van der Waals surface area (Å²) in [6.07, 6.45) is 6.04. The van der Waals surface area contributed by atoms with Crippen molar-refractivity contribution >= 4 is 5.82 Å². The van der Waals surface area contributed by atoms with Crippen LogP contribution in [0.4, 0.5) is 5.82 Å². The van der Waals surface area contributed by atoms with Crippen LogP contribution in [0, 0.1) is 0 Å². The number of anilines is 1. The van der Waals surface area contributed by atoms with Crippen LogP contribution in [0.2, 0.25) is 0 Å². The Hall–Kier alpha value is -1.13. The number of pyridine rings is 1. The molecule has 3 rings (SSSR count). The van der Waals surface area contributed by atoms with Gasteiger partial charge in [-0.05, 0) is 56.5 Å². The highest BCUT2D eigenvalue weighted by Crippen LogP contribution is 2.25. The van der Waals surface area contributed by atoms with Crippen molar-refractivity contribution < 1.29 is 5.11 Å². The molecule has 0 aromatic carbocycles. The third kappa shape index (κ3) is 3.38. The Kier molecular flexibility index (Phi) is 4.76. The van der Waals surface area contributed by atoms with E-state index < -0.39 is 0 Å². The van der Waals surface area contributed by atoms with Crippen molar-refractivity contribution in [3.05, 3.63) is 23.4 Å². The second-order valence-corrected chi connectivity index (χ2v) is 6.36. The van der Waals surface area contributed by atoms with Crippen molar-refractivity contribution in [3.63, 3.8) is 0 Å². The zero-order valence-corrected chi connectivity index (χ0v) is 13.1. The van der Waals surface area contributed by atoms with Gasteiger partial charge in [0.15, 0.2) is 0 Å². The largest absolute Gasteiger partial charge is 0.392 e. The lowest BCUT2D eigenvalue weighted by Crippen LogP contribution is -2.35. The first-order chi connectivity index (χ1) is 10.3. The summed E-state index contributed by atoms with van der Waals surface area (Å²) < 4.78 is 0. The van der Waals surface area contributed by atoms with E-state index in [9.17, 15) is 5.11 Å². The molecule has 21 heavy (non-hydrogen) atoms. The number of aromatic nitrogens is 1. The van der Waals surface area contributed by atoms with Gasteiger partial charge in [-0.1, -0.05) is 13.3 Å². The molecule has 1 aromatic rings. The molecule has 4 heteroatoms. The average Bonchev–Trinajstić information content (AvgIpc) is 3.18. The Bertz CT molecular complexity index is 471. The highest BCUT2D eigenvalue weighted by Gasteiger charge is 2.30. The van der Waals surface area contributed by atoms with Crippen LogP contribution in [-0.4, -0.2) is 47.2 Å². The van der Waals surface area contributed by atoms with Crippen molar-refractivity contribution in [3.8, 4) is 0 Å². The SMILES string of the molecule is CCCc1cc(CO)cc(N2CCC(N3CCCC3)C2)n1. The third-order valence-corrected chi connectivity index (χ3v) is 4.76. The van der Waals surface area contributed by atoms with Gasteiger partial charge in [0.2, 0.25) is 0 Å².